The average molecular weight is 568 g/mol. The Morgan fingerprint density at radius 3 is 2.68 bits per heavy atom. The van der Waals surface area contributed by atoms with Gasteiger partial charge >= 0.3 is 17.7 Å². The number of anilines is 1. The molecule has 0 spiro atoms. The number of amides is 1. The Hall–Kier alpha value is -3.93. The number of carboxylic acid groups (broad SMARTS) is 1. The molecule has 4 N–H and O–H groups in total. The Bertz CT molecular complexity index is 1410. The number of benzene rings is 1. The summed E-state index contributed by atoms with van der Waals surface area (Å²) >= 11 is 0. The SMILES string of the molecule is CCCCOc1nc(N)c2[nH]c(=O)n(CCCN(Cc3cccc(C(C)C(=O)O)c3)C3CCN(C(C)=O)CC3)c2n1. The molecule has 1 fully saturated rings. The van der Waals surface area contributed by atoms with Gasteiger partial charge in [-0.1, -0.05) is 37.6 Å². The number of aromatic amines is 1. The van der Waals surface area contributed by atoms with Crippen molar-refractivity contribution in [2.24, 2.45) is 0 Å². The average Bonchev–Trinajstić information content (AvgIpc) is 3.27. The van der Waals surface area contributed by atoms with Crippen LogP contribution in [0.3, 0.4) is 0 Å². The molecule has 12 nitrogen and oxygen atoms in total. The molecule has 3 aromatic rings. The second-order valence-corrected chi connectivity index (χ2v) is 10.7. The number of hydrogen-bond acceptors (Lipinski definition) is 8. The van der Waals surface area contributed by atoms with Crippen molar-refractivity contribution in [3.8, 4) is 6.01 Å². The number of aryl methyl sites for hydroxylation is 1. The number of aromatic nitrogens is 4. The molecule has 12 heteroatoms. The second-order valence-electron chi connectivity index (χ2n) is 10.7. The Morgan fingerprint density at radius 1 is 1.24 bits per heavy atom. The first-order valence-corrected chi connectivity index (χ1v) is 14.4. The molecular weight excluding hydrogens is 526 g/mol. The summed E-state index contributed by atoms with van der Waals surface area (Å²) in [5.74, 6) is -1.19. The van der Waals surface area contributed by atoms with E-state index in [1.54, 1.807) is 18.4 Å². The van der Waals surface area contributed by atoms with Gasteiger partial charge in [-0.25, -0.2) is 4.79 Å². The van der Waals surface area contributed by atoms with Crippen LogP contribution in [-0.2, 0) is 22.7 Å². The molecule has 4 rings (SSSR count). The number of nitrogens with zero attached hydrogens (tertiary/aromatic N) is 5. The van der Waals surface area contributed by atoms with E-state index in [0.29, 0.717) is 56.9 Å². The third-order valence-electron chi connectivity index (χ3n) is 7.82. The number of H-pyrrole nitrogens is 1. The monoisotopic (exact) mass is 567 g/mol. The van der Waals surface area contributed by atoms with E-state index in [1.807, 2.05) is 29.2 Å². The molecule has 1 saturated heterocycles. The van der Waals surface area contributed by atoms with E-state index >= 15 is 0 Å². The molecule has 222 valence electrons. The number of hydrogen-bond donors (Lipinski definition) is 3. The maximum Gasteiger partial charge on any atom is 0.327 e. The van der Waals surface area contributed by atoms with E-state index in [1.165, 1.54) is 0 Å². The molecule has 1 unspecified atom stereocenters. The number of rotatable bonds is 13. The maximum absolute atomic E-state index is 12.8. The third kappa shape index (κ3) is 7.43. The quantitative estimate of drug-likeness (QED) is 0.264. The molecule has 1 aromatic carbocycles. The highest BCUT2D eigenvalue weighted by Gasteiger charge is 2.26. The van der Waals surface area contributed by atoms with Crippen molar-refractivity contribution in [3.05, 3.63) is 45.9 Å². The zero-order chi connectivity index (χ0) is 29.5. The molecule has 0 saturated carbocycles. The molecule has 0 aliphatic carbocycles. The lowest BCUT2D eigenvalue weighted by Crippen LogP contribution is -2.46. The summed E-state index contributed by atoms with van der Waals surface area (Å²) in [4.78, 5) is 51.9. The Labute approximate surface area is 239 Å². The molecule has 41 heavy (non-hydrogen) atoms. The fraction of sp³-hybridized carbons (Fsp3) is 0.552. The van der Waals surface area contributed by atoms with Crippen LogP contribution in [0.15, 0.2) is 29.1 Å². The zero-order valence-corrected chi connectivity index (χ0v) is 24.1. The summed E-state index contributed by atoms with van der Waals surface area (Å²) in [5, 5.41) is 9.48. The van der Waals surface area contributed by atoms with E-state index in [-0.39, 0.29) is 29.5 Å². The van der Waals surface area contributed by atoms with Crippen LogP contribution in [0.2, 0.25) is 0 Å². The van der Waals surface area contributed by atoms with Gasteiger partial charge in [-0.15, -0.1) is 0 Å². The fourth-order valence-electron chi connectivity index (χ4n) is 5.32. The van der Waals surface area contributed by atoms with Crippen molar-refractivity contribution >= 4 is 28.9 Å². The predicted octanol–water partition coefficient (Wildman–Crippen LogP) is 2.97. The molecular formula is C29H41N7O5. The summed E-state index contributed by atoms with van der Waals surface area (Å²) in [6.45, 7) is 8.98. The van der Waals surface area contributed by atoms with Gasteiger partial charge in [-0.05, 0) is 43.7 Å². The van der Waals surface area contributed by atoms with Gasteiger partial charge < -0.3 is 25.5 Å². The molecule has 1 atom stereocenters. The van der Waals surface area contributed by atoms with Crippen molar-refractivity contribution in [1.29, 1.82) is 0 Å². The van der Waals surface area contributed by atoms with Crippen LogP contribution in [0.4, 0.5) is 5.82 Å². The van der Waals surface area contributed by atoms with Gasteiger partial charge in [0, 0.05) is 45.7 Å². The molecule has 2 aromatic heterocycles. The van der Waals surface area contributed by atoms with Gasteiger partial charge in [0.15, 0.2) is 11.5 Å². The van der Waals surface area contributed by atoms with E-state index in [2.05, 4.69) is 26.8 Å². The number of carboxylic acids is 1. The molecule has 1 amide bonds. The van der Waals surface area contributed by atoms with Gasteiger partial charge in [-0.3, -0.25) is 19.1 Å². The standard InChI is InChI=1S/C29H41N7O5/c1-4-5-16-41-28-32-25(30)24-26(33-28)36(29(40)31-24)13-7-12-35(23-10-14-34(15-11-23)20(3)37)18-21-8-6-9-22(17-21)19(2)27(38)39/h6,8-9,17,19,23H,4-5,7,10-16,18H2,1-3H3,(H,31,40)(H,38,39)(H2,30,32,33). The van der Waals surface area contributed by atoms with Gasteiger partial charge in [-0.2, -0.15) is 9.97 Å². The number of nitrogens with one attached hydrogen (secondary N) is 1. The first kappa shape index (κ1) is 30.0. The number of nitrogen functional groups attached to an aromatic ring is 1. The van der Waals surface area contributed by atoms with Crippen LogP contribution in [0.25, 0.3) is 11.2 Å². The number of carbonyl (C=O) groups excluding carboxylic acids is 1. The minimum absolute atomic E-state index is 0.0865. The summed E-state index contributed by atoms with van der Waals surface area (Å²) in [7, 11) is 0. The molecule has 1 aliphatic rings. The van der Waals surface area contributed by atoms with E-state index < -0.39 is 11.9 Å². The minimum atomic E-state index is -0.858. The molecule has 1 aliphatic heterocycles. The lowest BCUT2D eigenvalue weighted by Gasteiger charge is -2.38. The first-order valence-electron chi connectivity index (χ1n) is 14.4. The van der Waals surface area contributed by atoms with Crippen LogP contribution in [0.1, 0.15) is 69.9 Å². The summed E-state index contributed by atoms with van der Waals surface area (Å²) in [6, 6.07) is 8.12. The number of fused-ring (bicyclic) bond motifs is 1. The van der Waals surface area contributed by atoms with E-state index in [4.69, 9.17) is 10.5 Å². The lowest BCUT2D eigenvalue weighted by molar-refractivity contribution is -0.138. The third-order valence-corrected chi connectivity index (χ3v) is 7.82. The topological polar surface area (TPSA) is 160 Å². The van der Waals surface area contributed by atoms with Crippen LogP contribution in [0, 0.1) is 0 Å². The van der Waals surface area contributed by atoms with Gasteiger partial charge in [0.05, 0.1) is 12.5 Å². The highest BCUT2D eigenvalue weighted by Crippen LogP contribution is 2.23. The summed E-state index contributed by atoms with van der Waals surface area (Å²) < 4.78 is 7.23. The fourth-order valence-corrected chi connectivity index (χ4v) is 5.32. The van der Waals surface area contributed by atoms with Gasteiger partial charge in [0.1, 0.15) is 5.52 Å². The second kappa shape index (κ2) is 13.6. The number of unbranched alkanes of at least 4 members (excludes halogenated alkanes) is 1. The van der Waals surface area contributed by atoms with Crippen LogP contribution >= 0.6 is 0 Å². The van der Waals surface area contributed by atoms with Crippen LogP contribution < -0.4 is 16.2 Å². The normalized spacial score (nSPS) is 15.0. The number of imidazole rings is 1. The van der Waals surface area contributed by atoms with Gasteiger partial charge in [0.2, 0.25) is 5.91 Å². The molecule has 3 heterocycles. The first-order chi connectivity index (χ1) is 19.7. The number of nitrogens with two attached hydrogens (primary N) is 1. The highest BCUT2D eigenvalue weighted by molar-refractivity contribution is 5.81. The molecule has 0 bridgehead atoms. The predicted molar refractivity (Wildman–Crippen MR) is 156 cm³/mol. The number of carbonyl (C=O) groups is 2. The Kier molecular flexibility index (Phi) is 9.98. The van der Waals surface area contributed by atoms with E-state index in [0.717, 1.165) is 36.8 Å². The number of likely N-dealkylation sites (tertiary alicyclic amines) is 1. The lowest BCUT2D eigenvalue weighted by atomic mass is 9.98. The minimum Gasteiger partial charge on any atom is -0.481 e. The Morgan fingerprint density at radius 2 is 2.00 bits per heavy atom. The van der Waals surface area contributed by atoms with Crippen molar-refractivity contribution in [1.82, 2.24) is 29.3 Å². The van der Waals surface area contributed by atoms with Gasteiger partial charge in [0.25, 0.3) is 0 Å². The number of aliphatic carboxylic acids is 1. The van der Waals surface area contributed by atoms with Crippen LogP contribution in [0.5, 0.6) is 6.01 Å². The van der Waals surface area contributed by atoms with Crippen LogP contribution in [-0.4, -0.2) is 78.6 Å². The van der Waals surface area contributed by atoms with Crippen molar-refractivity contribution in [2.75, 3.05) is 32.0 Å². The highest BCUT2D eigenvalue weighted by atomic mass is 16.5. The zero-order valence-electron chi connectivity index (χ0n) is 24.1. The Balaban J connectivity index is 1.51. The summed E-state index contributed by atoms with van der Waals surface area (Å²) in [6.07, 6.45) is 4.20. The van der Waals surface area contributed by atoms with E-state index in [9.17, 15) is 19.5 Å². The van der Waals surface area contributed by atoms with Crippen molar-refractivity contribution in [3.63, 3.8) is 0 Å². The van der Waals surface area contributed by atoms with Crippen molar-refractivity contribution < 1.29 is 19.4 Å². The number of ether oxygens (including phenoxy) is 1. The largest absolute Gasteiger partial charge is 0.481 e. The maximum atomic E-state index is 12.8. The van der Waals surface area contributed by atoms with Crippen molar-refractivity contribution in [2.45, 2.75) is 77.9 Å². The summed E-state index contributed by atoms with van der Waals surface area (Å²) in [5.41, 5.74) is 8.41. The molecule has 0 radical (unpaired) electrons. The smallest absolute Gasteiger partial charge is 0.327 e. The number of piperidine rings is 1.